The molecule has 5 heteroatoms. The van der Waals surface area contributed by atoms with Crippen LogP contribution >= 0.6 is 15.9 Å². The van der Waals surface area contributed by atoms with Crippen molar-refractivity contribution in [1.29, 1.82) is 0 Å². The normalized spacial score (nSPS) is 12.7. The molecule has 0 spiro atoms. The highest BCUT2D eigenvalue weighted by Gasteiger charge is 2.21. The fourth-order valence-electron chi connectivity index (χ4n) is 1.68. The monoisotopic (exact) mass is 301 g/mol. The van der Waals surface area contributed by atoms with E-state index in [0.717, 1.165) is 24.0 Å². The Labute approximate surface area is 111 Å². The van der Waals surface area contributed by atoms with Gasteiger partial charge in [-0.1, -0.05) is 20.8 Å². The van der Waals surface area contributed by atoms with Gasteiger partial charge >= 0.3 is 0 Å². The average molecular weight is 302 g/mol. The number of halogens is 1. The van der Waals surface area contributed by atoms with Crippen LogP contribution in [0.5, 0.6) is 0 Å². The number of rotatable bonds is 7. The summed E-state index contributed by atoms with van der Waals surface area (Å²) in [6.45, 7) is 8.42. The average Bonchev–Trinajstić information content (AvgIpc) is 2.67. The Morgan fingerprint density at radius 3 is 2.88 bits per heavy atom. The van der Waals surface area contributed by atoms with Gasteiger partial charge in [-0.15, -0.1) is 0 Å². The number of nitrogens with zero attached hydrogens (tertiary/aromatic N) is 2. The summed E-state index contributed by atoms with van der Waals surface area (Å²) in [4.78, 5) is 12.3. The summed E-state index contributed by atoms with van der Waals surface area (Å²) in [7, 11) is 0. The van der Waals surface area contributed by atoms with Gasteiger partial charge in [-0.05, 0) is 28.9 Å². The second-order valence-corrected chi connectivity index (χ2v) is 4.99. The summed E-state index contributed by atoms with van der Waals surface area (Å²) in [5.41, 5.74) is 0.692. The minimum Gasteiger partial charge on any atom is -0.316 e. The number of ketones is 1. The SMILES string of the molecule is CCCn1ncc(Br)c1C(=O)C(C)CNCC. The van der Waals surface area contributed by atoms with E-state index in [4.69, 9.17) is 0 Å². The second-order valence-electron chi connectivity index (χ2n) is 4.14. The van der Waals surface area contributed by atoms with Crippen LogP contribution in [-0.2, 0) is 6.54 Å². The van der Waals surface area contributed by atoms with Gasteiger partial charge in [-0.3, -0.25) is 9.48 Å². The Morgan fingerprint density at radius 2 is 2.29 bits per heavy atom. The van der Waals surface area contributed by atoms with Gasteiger partial charge in [0, 0.05) is 19.0 Å². The summed E-state index contributed by atoms with van der Waals surface area (Å²) < 4.78 is 2.58. The number of Topliss-reactive ketones (excluding diaryl/α,β-unsaturated/α-hetero) is 1. The van der Waals surface area contributed by atoms with Gasteiger partial charge in [0.1, 0.15) is 5.69 Å². The van der Waals surface area contributed by atoms with Crippen LogP contribution < -0.4 is 5.32 Å². The molecule has 0 amide bonds. The molecule has 0 bridgehead atoms. The fourth-order valence-corrected chi connectivity index (χ4v) is 2.17. The van der Waals surface area contributed by atoms with Crippen molar-refractivity contribution in [1.82, 2.24) is 15.1 Å². The van der Waals surface area contributed by atoms with Gasteiger partial charge < -0.3 is 5.32 Å². The number of carbonyl (C=O) groups excluding carboxylic acids is 1. The molecule has 1 heterocycles. The Hall–Kier alpha value is -0.680. The number of nitrogens with one attached hydrogen (secondary N) is 1. The van der Waals surface area contributed by atoms with E-state index in [1.165, 1.54) is 0 Å². The second kappa shape index (κ2) is 6.91. The van der Waals surface area contributed by atoms with Crippen LogP contribution in [0.25, 0.3) is 0 Å². The Kier molecular flexibility index (Phi) is 5.85. The maximum Gasteiger partial charge on any atom is 0.186 e. The number of hydrogen-bond donors (Lipinski definition) is 1. The van der Waals surface area contributed by atoms with Crippen molar-refractivity contribution in [2.45, 2.75) is 33.7 Å². The van der Waals surface area contributed by atoms with Gasteiger partial charge in [0.15, 0.2) is 5.78 Å². The topological polar surface area (TPSA) is 46.9 Å². The Balaban J connectivity index is 2.83. The molecule has 1 rings (SSSR count). The molecule has 1 aromatic rings. The van der Waals surface area contributed by atoms with Gasteiger partial charge in [0.25, 0.3) is 0 Å². The number of hydrogen-bond acceptors (Lipinski definition) is 3. The predicted octanol–water partition coefficient (Wildman–Crippen LogP) is 2.48. The quantitative estimate of drug-likeness (QED) is 0.787. The largest absolute Gasteiger partial charge is 0.316 e. The van der Waals surface area contributed by atoms with Crippen molar-refractivity contribution >= 4 is 21.7 Å². The summed E-state index contributed by atoms with van der Waals surface area (Å²) in [6.07, 6.45) is 2.67. The first kappa shape index (κ1) is 14.4. The van der Waals surface area contributed by atoms with Crippen LogP contribution in [0.4, 0.5) is 0 Å². The van der Waals surface area contributed by atoms with Gasteiger partial charge in [-0.2, -0.15) is 5.10 Å². The van der Waals surface area contributed by atoms with E-state index in [1.54, 1.807) is 10.9 Å². The number of carbonyl (C=O) groups is 1. The Morgan fingerprint density at radius 1 is 1.59 bits per heavy atom. The van der Waals surface area contributed by atoms with E-state index < -0.39 is 0 Å². The smallest absolute Gasteiger partial charge is 0.186 e. The highest BCUT2D eigenvalue weighted by Crippen LogP contribution is 2.20. The molecule has 1 aromatic heterocycles. The van der Waals surface area contributed by atoms with Crippen LogP contribution in [0.1, 0.15) is 37.7 Å². The van der Waals surface area contributed by atoms with E-state index in [1.807, 2.05) is 13.8 Å². The molecule has 17 heavy (non-hydrogen) atoms. The molecular formula is C12H20BrN3O. The Bertz CT molecular complexity index is 376. The summed E-state index contributed by atoms with van der Waals surface area (Å²) in [5.74, 6) is 0.113. The summed E-state index contributed by atoms with van der Waals surface area (Å²) in [6, 6.07) is 0. The van der Waals surface area contributed by atoms with Crippen molar-refractivity contribution in [2.75, 3.05) is 13.1 Å². The van der Waals surface area contributed by atoms with E-state index in [0.29, 0.717) is 12.2 Å². The molecule has 1 unspecified atom stereocenters. The molecule has 96 valence electrons. The molecule has 1 atom stereocenters. The highest BCUT2D eigenvalue weighted by atomic mass is 79.9. The molecule has 0 radical (unpaired) electrons. The first-order chi connectivity index (χ1) is 8.11. The first-order valence-electron chi connectivity index (χ1n) is 6.08. The molecule has 0 fully saturated rings. The first-order valence-corrected chi connectivity index (χ1v) is 6.87. The molecule has 0 aliphatic carbocycles. The van der Waals surface area contributed by atoms with E-state index in [2.05, 4.69) is 33.3 Å². The molecule has 0 aliphatic rings. The van der Waals surface area contributed by atoms with Crippen LogP contribution in [-0.4, -0.2) is 28.7 Å². The zero-order valence-electron chi connectivity index (χ0n) is 10.7. The van der Waals surface area contributed by atoms with Crippen molar-refractivity contribution in [3.05, 3.63) is 16.4 Å². The number of aryl methyl sites for hydroxylation is 1. The van der Waals surface area contributed by atoms with Crippen LogP contribution in [0.15, 0.2) is 10.7 Å². The molecule has 0 aromatic carbocycles. The van der Waals surface area contributed by atoms with Crippen molar-refractivity contribution in [2.24, 2.45) is 5.92 Å². The minimum absolute atomic E-state index is 0.0291. The predicted molar refractivity (Wildman–Crippen MR) is 72.3 cm³/mol. The van der Waals surface area contributed by atoms with Crippen molar-refractivity contribution in [3.8, 4) is 0 Å². The van der Waals surface area contributed by atoms with Gasteiger partial charge in [0.2, 0.25) is 0 Å². The van der Waals surface area contributed by atoms with Gasteiger partial charge in [-0.25, -0.2) is 0 Å². The maximum atomic E-state index is 12.3. The molecule has 4 nitrogen and oxygen atoms in total. The standard InChI is InChI=1S/C12H20BrN3O/c1-4-6-16-11(10(13)8-15-16)12(17)9(3)7-14-5-2/h8-9,14H,4-7H2,1-3H3. The van der Waals surface area contributed by atoms with Crippen LogP contribution in [0.3, 0.4) is 0 Å². The van der Waals surface area contributed by atoms with Crippen molar-refractivity contribution in [3.63, 3.8) is 0 Å². The lowest BCUT2D eigenvalue weighted by Gasteiger charge is -2.12. The molecule has 1 N–H and O–H groups in total. The van der Waals surface area contributed by atoms with Crippen LogP contribution in [0, 0.1) is 5.92 Å². The van der Waals surface area contributed by atoms with Crippen molar-refractivity contribution < 1.29 is 4.79 Å². The molecule has 0 aliphatic heterocycles. The van der Waals surface area contributed by atoms with E-state index in [9.17, 15) is 4.79 Å². The third kappa shape index (κ3) is 3.64. The molecule has 0 saturated heterocycles. The van der Waals surface area contributed by atoms with E-state index in [-0.39, 0.29) is 11.7 Å². The maximum absolute atomic E-state index is 12.3. The van der Waals surface area contributed by atoms with E-state index >= 15 is 0 Å². The number of aromatic nitrogens is 2. The fraction of sp³-hybridized carbons (Fsp3) is 0.667. The molecule has 0 saturated carbocycles. The third-order valence-corrected chi connectivity index (χ3v) is 3.19. The lowest BCUT2D eigenvalue weighted by atomic mass is 10.0. The minimum atomic E-state index is -0.0291. The lowest BCUT2D eigenvalue weighted by Crippen LogP contribution is -2.28. The van der Waals surface area contributed by atoms with Crippen LogP contribution in [0.2, 0.25) is 0 Å². The highest BCUT2D eigenvalue weighted by molar-refractivity contribution is 9.10. The van der Waals surface area contributed by atoms with Gasteiger partial charge in [0.05, 0.1) is 10.7 Å². The third-order valence-electron chi connectivity index (χ3n) is 2.61. The lowest BCUT2D eigenvalue weighted by molar-refractivity contribution is 0.0917. The zero-order valence-corrected chi connectivity index (χ0v) is 12.2. The molecular weight excluding hydrogens is 282 g/mol. The zero-order chi connectivity index (χ0) is 12.8. The summed E-state index contributed by atoms with van der Waals surface area (Å²) >= 11 is 3.40. The summed E-state index contributed by atoms with van der Waals surface area (Å²) in [5, 5.41) is 7.41.